The third-order valence-corrected chi connectivity index (χ3v) is 3.84. The molecule has 1 heterocycles. The number of nitrogens with zero attached hydrogens (tertiary/aromatic N) is 1. The average molecular weight is 336 g/mol. The predicted molar refractivity (Wildman–Crippen MR) is 101 cm³/mol. The molecule has 0 spiro atoms. The van der Waals surface area contributed by atoms with Gasteiger partial charge in [-0.15, -0.1) is 0 Å². The topological polar surface area (TPSA) is 83.1 Å². The summed E-state index contributed by atoms with van der Waals surface area (Å²) in [4.78, 5) is 27.6. The van der Waals surface area contributed by atoms with Crippen molar-refractivity contribution in [3.63, 3.8) is 0 Å². The van der Waals surface area contributed by atoms with Crippen LogP contribution in [0.3, 0.4) is 0 Å². The fourth-order valence-corrected chi connectivity index (χ4v) is 2.50. The second kappa shape index (κ2) is 8.10. The molecule has 0 atom stereocenters. The summed E-state index contributed by atoms with van der Waals surface area (Å²) in [7, 11) is 0. The Labute approximate surface area is 145 Å². The summed E-state index contributed by atoms with van der Waals surface area (Å²) in [5.41, 5.74) is 1.68. The van der Waals surface area contributed by atoms with Gasteiger partial charge in [0.2, 0.25) is 0 Å². The lowest BCUT2D eigenvalue weighted by Crippen LogP contribution is -2.37. The molecule has 0 fully saturated rings. The molecule has 0 radical (unpaired) electrons. The van der Waals surface area contributed by atoms with Gasteiger partial charge in [0, 0.05) is 25.0 Å². The van der Waals surface area contributed by atoms with Gasteiger partial charge in [-0.25, -0.2) is 0 Å². The first-order valence-electron chi connectivity index (χ1n) is 8.25. The highest BCUT2D eigenvalue weighted by Gasteiger charge is 2.20. The van der Waals surface area contributed by atoms with Gasteiger partial charge in [-0.3, -0.25) is 14.6 Å². The normalized spacial score (nSPS) is 10.6. The van der Waals surface area contributed by atoms with E-state index >= 15 is 0 Å². The number of rotatable bonds is 9. The highest BCUT2D eigenvalue weighted by Crippen LogP contribution is 2.15. The molecule has 1 aromatic heterocycles. The third kappa shape index (κ3) is 4.23. The Morgan fingerprint density at radius 2 is 1.44 bits per heavy atom. The highest BCUT2D eigenvalue weighted by molar-refractivity contribution is 5.73. The quantitative estimate of drug-likeness (QED) is 0.410. The van der Waals surface area contributed by atoms with Gasteiger partial charge >= 0.3 is 0 Å². The molecule has 2 aromatic carbocycles. The van der Waals surface area contributed by atoms with Gasteiger partial charge in [0.1, 0.15) is 11.4 Å². The van der Waals surface area contributed by atoms with Crippen molar-refractivity contribution in [2.45, 2.75) is 13.0 Å². The summed E-state index contributed by atoms with van der Waals surface area (Å²) in [5, 5.41) is 9.36. The second-order valence-corrected chi connectivity index (χ2v) is 5.66. The molecular weight excluding hydrogens is 316 g/mol. The molecule has 3 rings (SSSR count). The molecule has 0 aliphatic heterocycles. The van der Waals surface area contributed by atoms with Crippen LogP contribution in [0.2, 0.25) is 0 Å². The van der Waals surface area contributed by atoms with Crippen LogP contribution < -0.4 is 26.8 Å². The monoisotopic (exact) mass is 336 g/mol. The Kier molecular flexibility index (Phi) is 5.41. The van der Waals surface area contributed by atoms with Crippen molar-refractivity contribution in [2.75, 3.05) is 29.0 Å². The van der Waals surface area contributed by atoms with Gasteiger partial charge in [-0.2, -0.15) is 0 Å². The second-order valence-electron chi connectivity index (χ2n) is 5.66. The molecule has 0 unspecified atom stereocenters. The van der Waals surface area contributed by atoms with E-state index in [1.807, 2.05) is 48.5 Å². The van der Waals surface area contributed by atoms with Crippen molar-refractivity contribution in [3.05, 3.63) is 80.9 Å². The Morgan fingerprint density at radius 3 is 2.16 bits per heavy atom. The summed E-state index contributed by atoms with van der Waals surface area (Å²) in [6.45, 7) is 1.81. The van der Waals surface area contributed by atoms with E-state index in [2.05, 4.69) is 20.9 Å². The number of hydrogen-bond acceptors (Lipinski definition) is 6. The predicted octanol–water partition coefficient (Wildman–Crippen LogP) is 2.20. The summed E-state index contributed by atoms with van der Waals surface area (Å²) >= 11 is 0. The van der Waals surface area contributed by atoms with E-state index in [0.29, 0.717) is 24.5 Å². The van der Waals surface area contributed by atoms with E-state index in [1.54, 1.807) is 6.20 Å². The van der Waals surface area contributed by atoms with E-state index in [0.717, 1.165) is 24.3 Å². The van der Waals surface area contributed by atoms with Gasteiger partial charge in [-0.05, 0) is 30.7 Å². The summed E-state index contributed by atoms with van der Waals surface area (Å²) in [6.07, 6.45) is 2.52. The molecule has 0 amide bonds. The van der Waals surface area contributed by atoms with E-state index in [-0.39, 0.29) is 0 Å². The van der Waals surface area contributed by atoms with E-state index in [1.165, 1.54) is 0 Å². The van der Waals surface area contributed by atoms with E-state index in [4.69, 9.17) is 0 Å². The van der Waals surface area contributed by atoms with Gasteiger partial charge in [0.05, 0.1) is 12.2 Å². The summed E-state index contributed by atoms with van der Waals surface area (Å²) in [5.74, 6) is 0. The van der Waals surface area contributed by atoms with Crippen LogP contribution in [0.5, 0.6) is 0 Å². The molecular formula is C19H20N4O2. The number of benzene rings is 1. The number of para-hydroxylation sites is 1. The minimum atomic E-state index is -0.471. The first-order chi connectivity index (χ1) is 12.3. The lowest BCUT2D eigenvalue weighted by molar-refractivity contribution is 0.905. The fraction of sp³-hybridized carbons (Fsp3) is 0.211. The SMILES string of the molecule is O=c1c(NCCCNc2ccccc2)c(NCc2ccccn2)c1=O. The van der Waals surface area contributed by atoms with Gasteiger partial charge in [-0.1, -0.05) is 24.3 Å². The largest absolute Gasteiger partial charge is 0.385 e. The van der Waals surface area contributed by atoms with Crippen LogP contribution in [0, 0.1) is 0 Å². The first kappa shape index (κ1) is 16.7. The molecule has 0 saturated carbocycles. The number of nitrogens with one attached hydrogen (secondary N) is 3. The lowest BCUT2D eigenvalue weighted by Gasteiger charge is -2.15. The molecule has 0 bridgehead atoms. The fourth-order valence-electron chi connectivity index (χ4n) is 2.50. The highest BCUT2D eigenvalue weighted by atomic mass is 16.2. The molecule has 128 valence electrons. The minimum absolute atomic E-state index is 0.353. The molecule has 3 aromatic rings. The lowest BCUT2D eigenvalue weighted by atomic mass is 10.2. The molecule has 25 heavy (non-hydrogen) atoms. The van der Waals surface area contributed by atoms with E-state index < -0.39 is 10.9 Å². The molecule has 6 heteroatoms. The Morgan fingerprint density at radius 1 is 0.760 bits per heavy atom. The molecule has 0 aliphatic carbocycles. The Hall–Kier alpha value is -3.15. The minimum Gasteiger partial charge on any atom is -0.385 e. The van der Waals surface area contributed by atoms with Crippen LogP contribution in [-0.2, 0) is 6.54 Å². The summed E-state index contributed by atoms with van der Waals surface area (Å²) in [6, 6.07) is 15.5. The van der Waals surface area contributed by atoms with Crippen molar-refractivity contribution in [1.82, 2.24) is 4.98 Å². The van der Waals surface area contributed by atoms with Crippen LogP contribution in [0.4, 0.5) is 17.1 Å². The molecule has 0 saturated heterocycles. The van der Waals surface area contributed by atoms with Crippen molar-refractivity contribution in [1.29, 1.82) is 0 Å². The van der Waals surface area contributed by atoms with E-state index in [9.17, 15) is 9.59 Å². The summed E-state index contributed by atoms with van der Waals surface area (Å²) < 4.78 is 0. The molecule has 6 nitrogen and oxygen atoms in total. The molecule has 0 aliphatic rings. The Bertz CT molecular complexity index is 872. The zero-order valence-electron chi connectivity index (χ0n) is 13.8. The Balaban J connectivity index is 1.46. The maximum atomic E-state index is 11.7. The van der Waals surface area contributed by atoms with Crippen molar-refractivity contribution in [3.8, 4) is 0 Å². The van der Waals surface area contributed by atoms with Crippen LogP contribution in [0.25, 0.3) is 0 Å². The zero-order valence-corrected chi connectivity index (χ0v) is 13.8. The van der Waals surface area contributed by atoms with Gasteiger partial charge in [0.25, 0.3) is 10.9 Å². The standard InChI is InChI=1S/C19H20N4O2/c24-18-16(22-12-6-11-20-14-7-2-1-3-8-14)17(19(18)25)23-13-15-9-4-5-10-21-15/h1-5,7-10,20,22-23H,6,11-13H2. The van der Waals surface area contributed by atoms with Crippen LogP contribution >= 0.6 is 0 Å². The smallest absolute Gasteiger partial charge is 0.253 e. The number of anilines is 3. The van der Waals surface area contributed by atoms with Crippen LogP contribution in [0.15, 0.2) is 64.3 Å². The first-order valence-corrected chi connectivity index (χ1v) is 8.25. The van der Waals surface area contributed by atoms with Crippen molar-refractivity contribution >= 4 is 17.1 Å². The van der Waals surface area contributed by atoms with Gasteiger partial charge in [0.15, 0.2) is 0 Å². The number of hydrogen-bond donors (Lipinski definition) is 3. The third-order valence-electron chi connectivity index (χ3n) is 3.84. The number of pyridine rings is 1. The zero-order chi connectivity index (χ0) is 17.5. The van der Waals surface area contributed by atoms with Gasteiger partial charge < -0.3 is 16.0 Å². The maximum absolute atomic E-state index is 11.7. The van der Waals surface area contributed by atoms with Crippen molar-refractivity contribution < 1.29 is 0 Å². The molecule has 3 N–H and O–H groups in total. The number of aromatic nitrogens is 1. The van der Waals surface area contributed by atoms with Crippen LogP contribution in [0.1, 0.15) is 12.1 Å². The van der Waals surface area contributed by atoms with Crippen LogP contribution in [-0.4, -0.2) is 18.1 Å². The van der Waals surface area contributed by atoms with Crippen molar-refractivity contribution in [2.24, 2.45) is 0 Å². The maximum Gasteiger partial charge on any atom is 0.253 e. The average Bonchev–Trinajstić information content (AvgIpc) is 2.67.